The molecule has 0 saturated carbocycles. The highest BCUT2D eigenvalue weighted by Gasteiger charge is 2.54. The highest BCUT2D eigenvalue weighted by Crippen LogP contribution is 2.36. The van der Waals surface area contributed by atoms with Gasteiger partial charge in [-0.15, -0.1) is 0 Å². The van der Waals surface area contributed by atoms with Crippen LogP contribution in [0.2, 0.25) is 0 Å². The van der Waals surface area contributed by atoms with Crippen molar-refractivity contribution in [3.05, 3.63) is 59.7 Å². The average molecular weight is 377 g/mol. The number of carbonyl (C=O) groups is 2. The summed E-state index contributed by atoms with van der Waals surface area (Å²) in [7, 11) is 1.48. The summed E-state index contributed by atoms with van der Waals surface area (Å²) in [6.45, 7) is 2.94. The van der Waals surface area contributed by atoms with Gasteiger partial charge in [0.05, 0.1) is 12.3 Å². The van der Waals surface area contributed by atoms with Crippen LogP contribution in [-0.2, 0) is 9.63 Å². The molecule has 2 heterocycles. The summed E-state index contributed by atoms with van der Waals surface area (Å²) in [5.74, 6) is -0.270. The SMILES string of the molecule is CON=C1CN(C(=O)c2ccc(-c3ccccc3C)cc2)C2(CCNC2=O)C1. The van der Waals surface area contributed by atoms with Gasteiger partial charge in [0.1, 0.15) is 12.6 Å². The molecule has 2 amide bonds. The number of hydrogen-bond donors (Lipinski definition) is 1. The first kappa shape index (κ1) is 18.2. The number of oxime groups is 1. The molecule has 6 nitrogen and oxygen atoms in total. The lowest BCUT2D eigenvalue weighted by molar-refractivity contribution is -0.127. The number of likely N-dealkylation sites (tertiary alicyclic amines) is 1. The highest BCUT2D eigenvalue weighted by atomic mass is 16.6. The zero-order valence-electron chi connectivity index (χ0n) is 16.1. The van der Waals surface area contributed by atoms with Gasteiger partial charge in [0.15, 0.2) is 0 Å². The molecule has 2 aromatic rings. The lowest BCUT2D eigenvalue weighted by atomic mass is 9.93. The Hall–Kier alpha value is -3.15. The fraction of sp³-hybridized carbons (Fsp3) is 0.318. The molecule has 2 aliphatic heterocycles. The second-order valence-electron chi connectivity index (χ2n) is 7.34. The van der Waals surface area contributed by atoms with Crippen molar-refractivity contribution < 1.29 is 14.4 Å². The number of rotatable bonds is 3. The first-order chi connectivity index (χ1) is 13.5. The number of nitrogens with one attached hydrogen (secondary N) is 1. The van der Waals surface area contributed by atoms with Crippen molar-refractivity contribution in [1.29, 1.82) is 0 Å². The fourth-order valence-electron chi connectivity index (χ4n) is 4.21. The second-order valence-corrected chi connectivity index (χ2v) is 7.34. The third kappa shape index (κ3) is 2.95. The van der Waals surface area contributed by atoms with E-state index in [1.165, 1.54) is 12.7 Å². The van der Waals surface area contributed by atoms with Crippen molar-refractivity contribution in [3.8, 4) is 11.1 Å². The monoisotopic (exact) mass is 377 g/mol. The van der Waals surface area contributed by atoms with Crippen molar-refractivity contribution >= 4 is 17.5 Å². The topological polar surface area (TPSA) is 71.0 Å². The molecular formula is C22H23N3O3. The van der Waals surface area contributed by atoms with E-state index >= 15 is 0 Å². The van der Waals surface area contributed by atoms with Gasteiger partial charge in [-0.1, -0.05) is 41.6 Å². The van der Waals surface area contributed by atoms with Crippen LogP contribution in [0.25, 0.3) is 11.1 Å². The Labute approximate surface area is 164 Å². The molecule has 2 aromatic carbocycles. The molecule has 144 valence electrons. The Morgan fingerprint density at radius 2 is 1.93 bits per heavy atom. The Bertz CT molecular complexity index is 952. The summed E-state index contributed by atoms with van der Waals surface area (Å²) >= 11 is 0. The van der Waals surface area contributed by atoms with Crippen LogP contribution < -0.4 is 5.32 Å². The van der Waals surface area contributed by atoms with Crippen molar-refractivity contribution in [3.63, 3.8) is 0 Å². The molecule has 1 atom stereocenters. The molecule has 6 heteroatoms. The van der Waals surface area contributed by atoms with Gasteiger partial charge in [-0.05, 0) is 42.2 Å². The maximum absolute atomic E-state index is 13.3. The van der Waals surface area contributed by atoms with Crippen molar-refractivity contribution in [2.45, 2.75) is 25.3 Å². The van der Waals surface area contributed by atoms with E-state index in [-0.39, 0.29) is 11.8 Å². The summed E-state index contributed by atoms with van der Waals surface area (Å²) in [5, 5.41) is 6.87. The summed E-state index contributed by atoms with van der Waals surface area (Å²) < 4.78 is 0. The molecule has 2 aliphatic rings. The quantitative estimate of drug-likeness (QED) is 0.836. The summed E-state index contributed by atoms with van der Waals surface area (Å²) in [4.78, 5) is 32.4. The molecule has 0 bridgehead atoms. The van der Waals surface area contributed by atoms with Crippen molar-refractivity contribution in [1.82, 2.24) is 10.2 Å². The minimum absolute atomic E-state index is 0.112. The summed E-state index contributed by atoms with van der Waals surface area (Å²) in [6, 6.07) is 15.7. The molecule has 0 radical (unpaired) electrons. The van der Waals surface area contributed by atoms with E-state index in [9.17, 15) is 9.59 Å². The van der Waals surface area contributed by atoms with Crippen LogP contribution in [0, 0.1) is 6.92 Å². The van der Waals surface area contributed by atoms with Crippen LogP contribution in [0.15, 0.2) is 53.7 Å². The van der Waals surface area contributed by atoms with Crippen LogP contribution in [0.1, 0.15) is 28.8 Å². The van der Waals surface area contributed by atoms with Gasteiger partial charge in [0, 0.05) is 18.5 Å². The third-order valence-corrected chi connectivity index (χ3v) is 5.65. The van der Waals surface area contributed by atoms with E-state index in [0.717, 1.165) is 11.1 Å². The normalized spacial score (nSPS) is 22.7. The molecule has 2 saturated heterocycles. The lowest BCUT2D eigenvalue weighted by Gasteiger charge is -2.31. The molecule has 0 aromatic heterocycles. The van der Waals surface area contributed by atoms with E-state index in [2.05, 4.69) is 29.5 Å². The zero-order chi connectivity index (χ0) is 19.7. The smallest absolute Gasteiger partial charge is 0.255 e. The molecule has 1 unspecified atom stereocenters. The number of benzene rings is 2. The molecule has 0 aliphatic carbocycles. The first-order valence-corrected chi connectivity index (χ1v) is 9.40. The largest absolute Gasteiger partial charge is 0.399 e. The van der Waals surface area contributed by atoms with Crippen molar-refractivity contribution in [2.75, 3.05) is 20.2 Å². The van der Waals surface area contributed by atoms with Crippen LogP contribution in [0.3, 0.4) is 0 Å². The van der Waals surface area contributed by atoms with Crippen LogP contribution in [-0.4, -0.2) is 48.2 Å². The maximum atomic E-state index is 13.3. The predicted molar refractivity (Wildman–Crippen MR) is 107 cm³/mol. The van der Waals surface area contributed by atoms with E-state index in [0.29, 0.717) is 37.2 Å². The Morgan fingerprint density at radius 1 is 1.18 bits per heavy atom. The Kier molecular flexibility index (Phi) is 4.63. The molecule has 4 rings (SSSR count). The standard InChI is InChI=1S/C22H23N3O3/c1-15-5-3-4-6-19(15)16-7-9-17(10-8-16)20(26)25-14-18(24-28-2)13-22(25)11-12-23-21(22)27/h3-10H,11-14H2,1-2H3,(H,23,27). The van der Waals surface area contributed by atoms with Gasteiger partial charge >= 0.3 is 0 Å². The third-order valence-electron chi connectivity index (χ3n) is 5.65. The Morgan fingerprint density at radius 3 is 2.57 bits per heavy atom. The minimum atomic E-state index is -0.858. The molecule has 1 spiro atoms. The van der Waals surface area contributed by atoms with Gasteiger partial charge in [0.2, 0.25) is 5.91 Å². The number of amides is 2. The van der Waals surface area contributed by atoms with Crippen LogP contribution in [0.5, 0.6) is 0 Å². The number of nitrogens with zero attached hydrogens (tertiary/aromatic N) is 2. The molecular weight excluding hydrogens is 354 g/mol. The van der Waals surface area contributed by atoms with Crippen LogP contribution >= 0.6 is 0 Å². The number of aryl methyl sites for hydroxylation is 1. The highest BCUT2D eigenvalue weighted by molar-refractivity contribution is 6.08. The summed E-state index contributed by atoms with van der Waals surface area (Å²) in [6.07, 6.45) is 1.00. The number of hydrogen-bond acceptors (Lipinski definition) is 4. The van der Waals surface area contributed by atoms with Gasteiger partial charge in [0.25, 0.3) is 5.91 Å². The predicted octanol–water partition coefficient (Wildman–Crippen LogP) is 2.77. The van der Waals surface area contributed by atoms with Gasteiger partial charge in [-0.2, -0.15) is 0 Å². The van der Waals surface area contributed by atoms with Gasteiger partial charge < -0.3 is 15.1 Å². The van der Waals surface area contributed by atoms with E-state index < -0.39 is 5.54 Å². The van der Waals surface area contributed by atoms with Crippen molar-refractivity contribution in [2.24, 2.45) is 5.16 Å². The first-order valence-electron chi connectivity index (χ1n) is 9.40. The number of carbonyl (C=O) groups excluding carboxylic acids is 2. The average Bonchev–Trinajstić information content (AvgIpc) is 3.26. The molecule has 1 N–H and O–H groups in total. The lowest BCUT2D eigenvalue weighted by Crippen LogP contribution is -2.52. The fourth-order valence-corrected chi connectivity index (χ4v) is 4.21. The Balaban J connectivity index is 1.64. The minimum Gasteiger partial charge on any atom is -0.399 e. The second kappa shape index (κ2) is 7.11. The maximum Gasteiger partial charge on any atom is 0.255 e. The zero-order valence-corrected chi connectivity index (χ0v) is 16.1. The summed E-state index contributed by atoms with van der Waals surface area (Å²) in [5.41, 5.74) is 3.81. The van der Waals surface area contributed by atoms with E-state index in [4.69, 9.17) is 4.84 Å². The van der Waals surface area contributed by atoms with E-state index in [1.807, 2.05) is 36.4 Å². The van der Waals surface area contributed by atoms with E-state index in [1.54, 1.807) is 4.90 Å². The van der Waals surface area contributed by atoms with Gasteiger partial charge in [-0.25, -0.2) is 0 Å². The van der Waals surface area contributed by atoms with Crippen LogP contribution in [0.4, 0.5) is 0 Å². The van der Waals surface area contributed by atoms with Gasteiger partial charge in [-0.3, -0.25) is 9.59 Å². The molecule has 28 heavy (non-hydrogen) atoms. The molecule has 2 fully saturated rings.